The molecule has 0 aliphatic heterocycles. The number of aromatic nitrogens is 2. The van der Waals surface area contributed by atoms with E-state index in [9.17, 15) is 18.0 Å². The zero-order chi connectivity index (χ0) is 24.7. The van der Waals surface area contributed by atoms with Crippen molar-refractivity contribution in [1.29, 1.82) is 0 Å². The van der Waals surface area contributed by atoms with Gasteiger partial charge >= 0.3 is 12.2 Å². The van der Waals surface area contributed by atoms with Crippen LogP contribution in [0.5, 0.6) is 0 Å². The maximum absolute atomic E-state index is 13.2. The SMILES string of the molecule is NC(=O)N(c1ccc(-c2ccc(-c3ccsc3)c3[nH]nc(N)c23)cc1)c1cccc(C(F)(F)F)c1. The number of anilines is 3. The molecule has 0 saturated heterocycles. The van der Waals surface area contributed by atoms with Gasteiger partial charge in [-0.25, -0.2) is 4.79 Å². The molecule has 0 atom stereocenters. The number of urea groups is 1. The first-order valence-corrected chi connectivity index (χ1v) is 11.3. The maximum Gasteiger partial charge on any atom is 0.416 e. The average Bonchev–Trinajstić information content (AvgIpc) is 3.49. The van der Waals surface area contributed by atoms with Gasteiger partial charge in [0, 0.05) is 5.56 Å². The first-order chi connectivity index (χ1) is 16.7. The number of aromatic amines is 1. The molecule has 6 nitrogen and oxygen atoms in total. The summed E-state index contributed by atoms with van der Waals surface area (Å²) in [7, 11) is 0. The molecule has 2 aromatic heterocycles. The molecule has 0 saturated carbocycles. The van der Waals surface area contributed by atoms with E-state index >= 15 is 0 Å². The number of H-pyrrole nitrogens is 1. The molecule has 2 amide bonds. The van der Waals surface area contributed by atoms with Crippen molar-refractivity contribution in [1.82, 2.24) is 10.2 Å². The predicted octanol–water partition coefficient (Wildman–Crippen LogP) is 6.78. The number of benzene rings is 3. The molecule has 10 heteroatoms. The van der Waals surface area contributed by atoms with Gasteiger partial charge in [0.05, 0.1) is 27.8 Å². The van der Waals surface area contributed by atoms with Crippen LogP contribution in [-0.4, -0.2) is 16.2 Å². The summed E-state index contributed by atoms with van der Waals surface area (Å²) in [6.45, 7) is 0. The van der Waals surface area contributed by atoms with Crippen molar-refractivity contribution in [2.24, 2.45) is 5.73 Å². The fourth-order valence-electron chi connectivity index (χ4n) is 4.07. The molecule has 3 aromatic carbocycles. The van der Waals surface area contributed by atoms with Crippen molar-refractivity contribution in [3.8, 4) is 22.3 Å². The molecule has 0 unspecified atom stereocenters. The standard InChI is InChI=1S/C25H18F3N5OS/c26-25(27,28)16-2-1-3-18(12-16)33(24(30)34)17-6-4-14(5-7-17)19-8-9-20(15-10-11-35-13-15)22-21(19)23(29)32-31-22/h1-13H,(H2,30,34)(H3,29,31,32). The molecule has 0 aliphatic carbocycles. The van der Waals surface area contributed by atoms with Crippen molar-refractivity contribution in [2.45, 2.75) is 6.18 Å². The van der Waals surface area contributed by atoms with Crippen LogP contribution in [0, 0.1) is 0 Å². The molecule has 0 radical (unpaired) electrons. The first-order valence-electron chi connectivity index (χ1n) is 10.4. The Labute approximate surface area is 201 Å². The van der Waals surface area contributed by atoms with Gasteiger partial charge in [0.2, 0.25) is 0 Å². The Bertz CT molecular complexity index is 1530. The monoisotopic (exact) mass is 493 g/mol. The van der Waals surface area contributed by atoms with Crippen LogP contribution in [-0.2, 0) is 6.18 Å². The van der Waals surface area contributed by atoms with E-state index in [1.165, 1.54) is 12.1 Å². The summed E-state index contributed by atoms with van der Waals surface area (Å²) in [5, 5.41) is 12.0. The summed E-state index contributed by atoms with van der Waals surface area (Å²) in [5.41, 5.74) is 15.6. The van der Waals surface area contributed by atoms with Gasteiger partial charge in [0.25, 0.3) is 0 Å². The van der Waals surface area contributed by atoms with Crippen LogP contribution in [0.2, 0.25) is 0 Å². The van der Waals surface area contributed by atoms with Crippen molar-refractivity contribution < 1.29 is 18.0 Å². The molecular weight excluding hydrogens is 475 g/mol. The normalized spacial score (nSPS) is 11.6. The number of rotatable bonds is 4. The number of nitrogen functional groups attached to an aromatic ring is 1. The summed E-state index contributed by atoms with van der Waals surface area (Å²) < 4.78 is 39.5. The lowest BCUT2D eigenvalue weighted by molar-refractivity contribution is -0.137. The number of hydrogen-bond donors (Lipinski definition) is 3. The van der Waals surface area contributed by atoms with Gasteiger partial charge in [0.1, 0.15) is 0 Å². The van der Waals surface area contributed by atoms with Gasteiger partial charge in [-0.05, 0) is 63.8 Å². The number of carbonyl (C=O) groups excluding carboxylic acids is 1. The third-order valence-corrected chi connectivity index (χ3v) is 6.35. The molecule has 0 fully saturated rings. The number of thiophene rings is 1. The molecule has 5 N–H and O–H groups in total. The average molecular weight is 494 g/mol. The van der Waals surface area contributed by atoms with E-state index in [-0.39, 0.29) is 5.69 Å². The van der Waals surface area contributed by atoms with Crippen LogP contribution in [0.1, 0.15) is 5.56 Å². The lowest BCUT2D eigenvalue weighted by Crippen LogP contribution is -2.31. The minimum Gasteiger partial charge on any atom is -0.382 e. The van der Waals surface area contributed by atoms with Crippen molar-refractivity contribution in [3.05, 3.63) is 83.1 Å². The fraction of sp³-hybridized carbons (Fsp3) is 0.0400. The largest absolute Gasteiger partial charge is 0.416 e. The Morgan fingerprint density at radius 2 is 1.69 bits per heavy atom. The van der Waals surface area contributed by atoms with Gasteiger partial charge in [-0.1, -0.05) is 30.3 Å². The topological polar surface area (TPSA) is 101 Å². The van der Waals surface area contributed by atoms with Crippen molar-refractivity contribution in [3.63, 3.8) is 0 Å². The smallest absolute Gasteiger partial charge is 0.382 e. The van der Waals surface area contributed by atoms with E-state index in [1.807, 2.05) is 29.0 Å². The minimum absolute atomic E-state index is 0.0154. The first kappa shape index (κ1) is 22.5. The number of fused-ring (bicyclic) bond motifs is 1. The molecule has 35 heavy (non-hydrogen) atoms. The summed E-state index contributed by atoms with van der Waals surface area (Å²) in [6, 6.07) is 16.2. The Morgan fingerprint density at radius 3 is 2.34 bits per heavy atom. The molecular formula is C25H18F3N5OS. The molecule has 0 aliphatic rings. The molecule has 176 valence electrons. The lowest BCUT2D eigenvalue weighted by atomic mass is 9.96. The number of alkyl halides is 3. The molecule has 0 spiro atoms. The summed E-state index contributed by atoms with van der Waals surface area (Å²) in [6.07, 6.45) is -4.55. The van der Waals surface area contributed by atoms with Gasteiger partial charge in [-0.3, -0.25) is 10.00 Å². The van der Waals surface area contributed by atoms with Crippen LogP contribution in [0.4, 0.5) is 35.2 Å². The van der Waals surface area contributed by atoms with E-state index in [4.69, 9.17) is 11.5 Å². The maximum atomic E-state index is 13.2. The van der Waals surface area contributed by atoms with E-state index in [1.54, 1.807) is 35.6 Å². The number of primary amides is 1. The lowest BCUT2D eigenvalue weighted by Gasteiger charge is -2.22. The molecule has 5 aromatic rings. The van der Waals surface area contributed by atoms with E-state index in [0.29, 0.717) is 11.5 Å². The van der Waals surface area contributed by atoms with Crippen LogP contribution in [0.25, 0.3) is 33.2 Å². The van der Waals surface area contributed by atoms with E-state index in [2.05, 4.69) is 10.2 Å². The Morgan fingerprint density at radius 1 is 0.943 bits per heavy atom. The van der Waals surface area contributed by atoms with E-state index < -0.39 is 17.8 Å². The highest BCUT2D eigenvalue weighted by Crippen LogP contribution is 2.39. The second-order valence-corrected chi connectivity index (χ2v) is 8.58. The quantitative estimate of drug-likeness (QED) is 0.257. The third kappa shape index (κ3) is 4.08. The Hall–Kier alpha value is -4.31. The number of nitrogens with one attached hydrogen (secondary N) is 1. The number of nitrogens with zero attached hydrogens (tertiary/aromatic N) is 2. The number of hydrogen-bond acceptors (Lipinski definition) is 4. The van der Waals surface area contributed by atoms with Crippen molar-refractivity contribution >= 4 is 45.5 Å². The number of amides is 2. The zero-order valence-corrected chi connectivity index (χ0v) is 18.8. The minimum atomic E-state index is -4.55. The van der Waals surface area contributed by atoms with Gasteiger partial charge in [-0.2, -0.15) is 29.6 Å². The van der Waals surface area contributed by atoms with Gasteiger partial charge in [0.15, 0.2) is 5.82 Å². The van der Waals surface area contributed by atoms with Gasteiger partial charge in [-0.15, -0.1) is 0 Å². The number of carbonyl (C=O) groups is 1. The van der Waals surface area contributed by atoms with Crippen LogP contribution >= 0.6 is 11.3 Å². The highest BCUT2D eigenvalue weighted by molar-refractivity contribution is 7.08. The van der Waals surface area contributed by atoms with Gasteiger partial charge < -0.3 is 11.5 Å². The number of halogens is 3. The highest BCUT2D eigenvalue weighted by Gasteiger charge is 2.31. The van der Waals surface area contributed by atoms with Crippen LogP contribution in [0.15, 0.2) is 77.5 Å². The Balaban J connectivity index is 1.55. The zero-order valence-electron chi connectivity index (χ0n) is 18.0. The molecule has 5 rings (SSSR count). The van der Waals surface area contributed by atoms with Crippen LogP contribution < -0.4 is 16.4 Å². The summed E-state index contributed by atoms with van der Waals surface area (Å²) in [5.74, 6) is 0.346. The number of nitrogens with two attached hydrogens (primary N) is 2. The van der Waals surface area contributed by atoms with E-state index in [0.717, 1.165) is 50.2 Å². The third-order valence-electron chi connectivity index (χ3n) is 5.67. The fourth-order valence-corrected chi connectivity index (χ4v) is 4.73. The van der Waals surface area contributed by atoms with Crippen LogP contribution in [0.3, 0.4) is 0 Å². The summed E-state index contributed by atoms with van der Waals surface area (Å²) in [4.78, 5) is 13.2. The molecule has 2 heterocycles. The molecule has 0 bridgehead atoms. The summed E-state index contributed by atoms with van der Waals surface area (Å²) >= 11 is 1.59. The second-order valence-electron chi connectivity index (χ2n) is 7.80. The van der Waals surface area contributed by atoms with Crippen molar-refractivity contribution in [2.75, 3.05) is 10.6 Å². The second kappa shape index (κ2) is 8.48. The Kier molecular flexibility index (Phi) is 5.45. The highest BCUT2D eigenvalue weighted by atomic mass is 32.1. The predicted molar refractivity (Wildman–Crippen MR) is 132 cm³/mol.